The van der Waals surface area contributed by atoms with Crippen molar-refractivity contribution in [2.45, 2.75) is 153 Å². The number of esters is 1. The first-order valence-electron chi connectivity index (χ1n) is 32.7. The molecule has 18 heteroatoms. The molecule has 2 aliphatic heterocycles. The van der Waals surface area contributed by atoms with Crippen LogP contribution in [0.1, 0.15) is 154 Å². The van der Waals surface area contributed by atoms with Gasteiger partial charge < -0.3 is 24.6 Å². The minimum absolute atomic E-state index is 0.0414. The number of amides is 1. The highest BCUT2D eigenvalue weighted by Gasteiger charge is 2.42. The van der Waals surface area contributed by atoms with Gasteiger partial charge in [-0.3, -0.25) is 4.79 Å². The summed E-state index contributed by atoms with van der Waals surface area (Å²) in [7, 11) is -2.50. The van der Waals surface area contributed by atoms with Crippen LogP contribution >= 0.6 is 0 Å². The van der Waals surface area contributed by atoms with Gasteiger partial charge in [0.2, 0.25) is 0 Å². The number of furan rings is 2. The number of hydrogen-bond acceptors (Lipinski definition) is 10. The second-order valence-corrected chi connectivity index (χ2v) is 34.2. The number of nitrogens with one attached hydrogen (secondary N) is 1. The van der Waals surface area contributed by atoms with Crippen molar-refractivity contribution in [3.05, 3.63) is 226 Å². The van der Waals surface area contributed by atoms with Crippen LogP contribution < -0.4 is 11.1 Å². The maximum Gasteiger partial charge on any atom is 0.356 e. The molecule has 95 heavy (non-hydrogen) atoms. The molecule has 13 nitrogen and oxygen atoms in total. The van der Waals surface area contributed by atoms with E-state index in [-0.39, 0.29) is 69.0 Å². The van der Waals surface area contributed by atoms with Crippen LogP contribution in [0, 0.1) is 11.6 Å². The van der Waals surface area contributed by atoms with Crippen molar-refractivity contribution in [2.24, 2.45) is 5.73 Å². The molecular weight excluding hydrogens is 1250 g/mol. The van der Waals surface area contributed by atoms with Crippen molar-refractivity contribution in [3.63, 3.8) is 0 Å². The van der Waals surface area contributed by atoms with Crippen LogP contribution in [0.25, 0.3) is 67.1 Å². The van der Waals surface area contributed by atoms with Gasteiger partial charge in [0, 0.05) is 81.5 Å². The monoisotopic (exact) mass is 1340 g/mol. The highest BCUT2D eigenvalue weighted by molar-refractivity contribution is 7.84. The molecule has 6 aromatic carbocycles. The Hall–Kier alpha value is -7.79. The topological polar surface area (TPSA) is 174 Å². The Morgan fingerprint density at radius 2 is 0.989 bits per heavy atom. The number of ether oxygens (including phenoxy) is 1. The van der Waals surface area contributed by atoms with E-state index in [0.717, 1.165) is 109 Å². The predicted octanol–water partition coefficient (Wildman–Crippen LogP) is 18.5. The average Bonchev–Trinajstić information content (AvgIpc) is 1.64. The first-order valence-corrected chi connectivity index (χ1v) is 38.4. The number of rotatable bonds is 16. The van der Waals surface area contributed by atoms with Gasteiger partial charge >= 0.3 is 5.97 Å². The Balaban J connectivity index is 0.000000189. The number of nitrogens with two attached hydrogens (primary N) is 1. The number of halogens is 2. The summed E-state index contributed by atoms with van der Waals surface area (Å²) in [5.74, 6) is 6.98. The lowest BCUT2D eigenvalue weighted by atomic mass is 9.94. The SMILES string of the molecule is CCC[C@@H]1c2c(cc(C(=O)NCc3ccccc3F)nc2-c2cccc(-c3cc4ccccc4o3)c2)CN1[S@](=O)C(C)(C)C.CCC[C@@H]1c2c(cc(C(=O)OCC)nc2-c2cccc(-c3cc4ccccc4o3)c2)CN1[S@](=O)C(C)(C)C.NCc1ccccc1F.[CH3][Al]([CH3])[CH3]. The van der Waals surface area contributed by atoms with Crippen LogP contribution in [-0.2, 0) is 52.9 Å². The third-order valence-corrected chi connectivity index (χ3v) is 19.6. The minimum Gasteiger partial charge on any atom is -0.461 e. The molecular formula is C77H87AlF2N6O7S2. The molecule has 1 amide bonds. The molecule has 496 valence electrons. The molecule has 0 aliphatic carbocycles. The lowest BCUT2D eigenvalue weighted by Gasteiger charge is -2.30. The van der Waals surface area contributed by atoms with Gasteiger partial charge in [-0.05, 0) is 133 Å². The normalized spacial score (nSPS) is 15.1. The van der Waals surface area contributed by atoms with Crippen LogP contribution in [0.15, 0.2) is 179 Å². The number of nitrogens with zero attached hydrogens (tertiary/aromatic N) is 4. The highest BCUT2D eigenvalue weighted by Crippen LogP contribution is 2.47. The van der Waals surface area contributed by atoms with Crippen LogP contribution in [-0.4, -0.2) is 69.1 Å². The van der Waals surface area contributed by atoms with Gasteiger partial charge in [0.05, 0.1) is 39.6 Å². The first-order chi connectivity index (χ1) is 45.4. The lowest BCUT2D eigenvalue weighted by Crippen LogP contribution is -2.36. The van der Waals surface area contributed by atoms with Crippen LogP contribution in [0.2, 0.25) is 17.4 Å². The Labute approximate surface area is 567 Å². The van der Waals surface area contributed by atoms with E-state index in [0.29, 0.717) is 29.9 Å². The fourth-order valence-electron chi connectivity index (χ4n) is 11.6. The van der Waals surface area contributed by atoms with Gasteiger partial charge in [-0.25, -0.2) is 40.6 Å². The van der Waals surface area contributed by atoms with Crippen molar-refractivity contribution in [3.8, 4) is 45.2 Å². The molecule has 10 aromatic rings. The Kier molecular flexibility index (Phi) is 24.0. The average molecular weight is 1340 g/mol. The smallest absolute Gasteiger partial charge is 0.356 e. The third kappa shape index (κ3) is 17.3. The number of carbonyl (C=O) groups excluding carboxylic acids is 2. The van der Waals surface area contributed by atoms with Crippen LogP contribution in [0.3, 0.4) is 0 Å². The largest absolute Gasteiger partial charge is 0.461 e. The fourth-order valence-corrected chi connectivity index (χ4v) is 14.4. The summed E-state index contributed by atoms with van der Waals surface area (Å²) in [6.45, 7) is 19.5. The van der Waals surface area contributed by atoms with E-state index in [2.05, 4.69) is 46.9 Å². The van der Waals surface area contributed by atoms with Crippen molar-refractivity contribution in [2.75, 3.05) is 6.61 Å². The first kappa shape index (κ1) is 71.5. The molecule has 0 saturated carbocycles. The maximum atomic E-state index is 14.3. The van der Waals surface area contributed by atoms with E-state index in [4.69, 9.17) is 29.3 Å². The summed E-state index contributed by atoms with van der Waals surface area (Å²) in [4.78, 5) is 36.1. The number of hydrogen-bond donors (Lipinski definition) is 2. The molecule has 0 bridgehead atoms. The molecule has 0 radical (unpaired) electrons. The summed E-state index contributed by atoms with van der Waals surface area (Å²) in [6, 6.07) is 52.3. The minimum atomic E-state index is -1.28. The predicted molar refractivity (Wildman–Crippen MR) is 383 cm³/mol. The Morgan fingerprint density at radius 1 is 0.579 bits per heavy atom. The van der Waals surface area contributed by atoms with Crippen LogP contribution in [0.5, 0.6) is 0 Å². The zero-order valence-electron chi connectivity index (χ0n) is 56.6. The van der Waals surface area contributed by atoms with E-state index in [1.807, 2.05) is 155 Å². The molecule has 2 aliphatic rings. The van der Waals surface area contributed by atoms with Crippen molar-refractivity contribution in [1.29, 1.82) is 0 Å². The Morgan fingerprint density at radius 3 is 1.40 bits per heavy atom. The fraction of sp³-hybridized carbons (Fsp3) is 0.325. The quantitative estimate of drug-likeness (QED) is 0.0700. The second kappa shape index (κ2) is 31.8. The van der Waals surface area contributed by atoms with Gasteiger partial charge in [0.15, 0.2) is 0 Å². The number of benzene rings is 6. The summed E-state index contributed by atoms with van der Waals surface area (Å²) >= 11 is -0.139. The van der Waals surface area contributed by atoms with Gasteiger partial charge in [0.1, 0.15) is 67.7 Å². The van der Waals surface area contributed by atoms with Gasteiger partial charge in [-0.1, -0.05) is 136 Å². The number of para-hydroxylation sites is 2. The van der Waals surface area contributed by atoms with E-state index in [9.17, 15) is 26.8 Å². The summed E-state index contributed by atoms with van der Waals surface area (Å²) in [5, 5.41) is 4.90. The third-order valence-electron chi connectivity index (χ3n) is 15.9. The maximum absolute atomic E-state index is 14.3. The zero-order valence-corrected chi connectivity index (χ0v) is 59.3. The second-order valence-electron chi connectivity index (χ2n) is 26.3. The van der Waals surface area contributed by atoms with Crippen molar-refractivity contribution in [1.82, 2.24) is 23.9 Å². The molecule has 3 N–H and O–H groups in total. The molecule has 0 unspecified atom stereocenters. The number of carbonyl (C=O) groups is 2. The lowest BCUT2D eigenvalue weighted by molar-refractivity contribution is 0.0519. The summed E-state index contributed by atoms with van der Waals surface area (Å²) in [5.41, 5.74) is 17.2. The van der Waals surface area contributed by atoms with Gasteiger partial charge in [-0.15, -0.1) is 17.4 Å². The van der Waals surface area contributed by atoms with Gasteiger partial charge in [0.25, 0.3) is 20.1 Å². The molecule has 0 spiro atoms. The molecule has 0 fully saturated rings. The summed E-state index contributed by atoms with van der Waals surface area (Å²) in [6.07, 6.45) is 3.46. The van der Waals surface area contributed by atoms with Crippen molar-refractivity contribution >= 4 is 69.9 Å². The van der Waals surface area contributed by atoms with Gasteiger partial charge in [-0.2, -0.15) is 0 Å². The van der Waals surface area contributed by atoms with Crippen molar-refractivity contribution < 1.29 is 40.4 Å². The molecule has 0 saturated heterocycles. The van der Waals surface area contributed by atoms with E-state index in [1.54, 1.807) is 49.4 Å². The van der Waals surface area contributed by atoms with E-state index >= 15 is 0 Å². The van der Waals surface area contributed by atoms with E-state index in [1.165, 1.54) is 12.1 Å². The van der Waals surface area contributed by atoms with E-state index < -0.39 is 43.3 Å². The molecule has 12 rings (SSSR count). The number of fused-ring (bicyclic) bond motifs is 4. The Bertz CT molecular complexity index is 4320. The molecule has 6 heterocycles. The number of pyridine rings is 2. The summed E-state index contributed by atoms with van der Waals surface area (Å²) < 4.78 is 75.1. The standard InChI is InChI=1S/C36H36FN3O3S.C31H34N2O4S.C7H8FN.3CH3.Al/c1-5-11-30-33-27(22-40(30)44(42)36(2,3)4)19-29(35(41)38-21-26-13-6-8-16-28(26)37)39-34(33)25-15-10-14-23(18-25)32-20-24-12-7-9-17-31(24)43-32;1-6-11-25-28-23(19-33(25)38(35)31(3,4)5)17-24(30(34)36-7-2)32-29(28)22-14-10-13-20(16-22)27-18-21-12-8-9-15-26(21)37-27;8-7-4-2-1-3-6(7)5-9;;;;/h6-10,12-20,30H,5,11,21-22H2,1-4H3,(H,38,41);8-10,12-18,25H,6-7,11,19H2,1-5H3;1-4H,5,9H2;3*1H3;/t30-,44-;25-,38-;;;;;/m11...../s1. The highest BCUT2D eigenvalue weighted by atomic mass is 32.2. The van der Waals surface area contributed by atoms with Crippen LogP contribution in [0.4, 0.5) is 8.78 Å². The molecule has 4 atom stereocenters. The zero-order chi connectivity index (χ0) is 68.3. The number of aromatic nitrogens is 2. The molecule has 4 aromatic heterocycles.